The molecule has 0 spiro atoms. The smallest absolute Gasteiger partial charge is 0.337 e. The second-order valence-electron chi connectivity index (χ2n) is 3.36. The number of carbonyl (C=O) groups is 1. The highest BCUT2D eigenvalue weighted by molar-refractivity contribution is 5.90. The lowest BCUT2D eigenvalue weighted by molar-refractivity contribution is 0.0601. The van der Waals surface area contributed by atoms with Crippen LogP contribution in [0.1, 0.15) is 10.4 Å². The average molecular weight is 211 g/mol. The summed E-state index contributed by atoms with van der Waals surface area (Å²) in [5.41, 5.74) is 2.58. The van der Waals surface area contributed by atoms with Crippen LogP contribution in [0, 0.1) is 6.07 Å². The van der Waals surface area contributed by atoms with E-state index in [-0.39, 0.29) is 5.97 Å². The fraction of sp³-hybridized carbons (Fsp3) is 0.0714. The average Bonchev–Trinajstić information content (AvgIpc) is 2.39. The molecule has 1 radical (unpaired) electrons. The number of hydrogen-bond acceptors (Lipinski definition) is 2. The Hall–Kier alpha value is -2.09. The van der Waals surface area contributed by atoms with E-state index in [2.05, 4.69) is 10.8 Å². The molecule has 0 unspecified atom stereocenters. The summed E-state index contributed by atoms with van der Waals surface area (Å²) in [5.74, 6) is -0.318. The fourth-order valence-electron chi connectivity index (χ4n) is 1.52. The van der Waals surface area contributed by atoms with Crippen molar-refractivity contribution >= 4 is 5.97 Å². The van der Waals surface area contributed by atoms with Crippen LogP contribution in [0.15, 0.2) is 48.5 Å². The van der Waals surface area contributed by atoms with Crippen molar-refractivity contribution in [2.24, 2.45) is 0 Å². The van der Waals surface area contributed by atoms with E-state index >= 15 is 0 Å². The maximum absolute atomic E-state index is 11.4. The normalized spacial score (nSPS) is 9.81. The molecule has 2 heteroatoms. The quantitative estimate of drug-likeness (QED) is 0.714. The Balaban J connectivity index is 2.40. The predicted octanol–water partition coefficient (Wildman–Crippen LogP) is 2.94. The van der Waals surface area contributed by atoms with Gasteiger partial charge >= 0.3 is 5.97 Å². The van der Waals surface area contributed by atoms with E-state index in [0.717, 1.165) is 11.1 Å². The van der Waals surface area contributed by atoms with Crippen LogP contribution in [0.2, 0.25) is 0 Å². The molecule has 79 valence electrons. The topological polar surface area (TPSA) is 26.3 Å². The first-order valence-electron chi connectivity index (χ1n) is 4.96. The van der Waals surface area contributed by atoms with Gasteiger partial charge in [-0.3, -0.25) is 0 Å². The summed E-state index contributed by atoms with van der Waals surface area (Å²) >= 11 is 0. The molecule has 0 aliphatic rings. The Morgan fingerprint density at radius 2 is 2.00 bits per heavy atom. The third-order valence-electron chi connectivity index (χ3n) is 2.32. The lowest BCUT2D eigenvalue weighted by Gasteiger charge is -2.03. The summed E-state index contributed by atoms with van der Waals surface area (Å²) in [4.78, 5) is 11.4. The molecule has 0 saturated carbocycles. The zero-order valence-electron chi connectivity index (χ0n) is 8.94. The molecule has 0 aromatic heterocycles. The van der Waals surface area contributed by atoms with Gasteiger partial charge in [0.15, 0.2) is 0 Å². The SMILES string of the molecule is COC(=O)c1cccc(-c2c[c]ccc2)c1. The molecule has 0 N–H and O–H groups in total. The Kier molecular flexibility index (Phi) is 3.01. The number of ether oxygens (including phenoxy) is 1. The zero-order chi connectivity index (χ0) is 11.4. The van der Waals surface area contributed by atoms with Crippen molar-refractivity contribution < 1.29 is 9.53 Å². The first kappa shape index (κ1) is 10.4. The van der Waals surface area contributed by atoms with Crippen molar-refractivity contribution in [1.82, 2.24) is 0 Å². The van der Waals surface area contributed by atoms with Gasteiger partial charge in [-0.25, -0.2) is 4.79 Å². The molecule has 2 rings (SSSR count). The van der Waals surface area contributed by atoms with Gasteiger partial charge in [0.1, 0.15) is 0 Å². The maximum Gasteiger partial charge on any atom is 0.337 e. The van der Waals surface area contributed by atoms with Crippen molar-refractivity contribution in [2.75, 3.05) is 7.11 Å². The summed E-state index contributed by atoms with van der Waals surface area (Å²) in [5, 5.41) is 0. The Morgan fingerprint density at radius 1 is 1.19 bits per heavy atom. The standard InChI is InChI=1S/C14H11O2/c1-16-14(15)13-9-5-8-12(10-13)11-6-3-2-4-7-11/h2-3,5-10H,1H3. The van der Waals surface area contributed by atoms with Gasteiger partial charge in [0.05, 0.1) is 12.7 Å². The Bertz CT molecular complexity index is 489. The first-order chi connectivity index (χ1) is 7.81. The monoisotopic (exact) mass is 211 g/mol. The largest absolute Gasteiger partial charge is 0.465 e. The lowest BCUT2D eigenvalue weighted by Crippen LogP contribution is -2.00. The van der Waals surface area contributed by atoms with Gasteiger partial charge in [0.25, 0.3) is 0 Å². The van der Waals surface area contributed by atoms with Crippen molar-refractivity contribution in [3.63, 3.8) is 0 Å². The number of methoxy groups -OCH3 is 1. The Morgan fingerprint density at radius 3 is 2.69 bits per heavy atom. The highest BCUT2D eigenvalue weighted by Gasteiger charge is 2.05. The van der Waals surface area contributed by atoms with Crippen LogP contribution in [0.3, 0.4) is 0 Å². The molecule has 0 fully saturated rings. The van der Waals surface area contributed by atoms with E-state index in [1.807, 2.05) is 42.5 Å². The molecule has 0 amide bonds. The van der Waals surface area contributed by atoms with Gasteiger partial charge in [0.2, 0.25) is 0 Å². The van der Waals surface area contributed by atoms with Crippen LogP contribution >= 0.6 is 0 Å². The van der Waals surface area contributed by atoms with E-state index in [4.69, 9.17) is 0 Å². The van der Waals surface area contributed by atoms with Crippen molar-refractivity contribution in [3.05, 3.63) is 60.2 Å². The second kappa shape index (κ2) is 4.62. The van der Waals surface area contributed by atoms with E-state index < -0.39 is 0 Å². The number of hydrogen-bond donors (Lipinski definition) is 0. The van der Waals surface area contributed by atoms with Gasteiger partial charge < -0.3 is 4.74 Å². The number of rotatable bonds is 2. The van der Waals surface area contributed by atoms with Crippen LogP contribution in [-0.2, 0) is 4.74 Å². The highest BCUT2D eigenvalue weighted by Crippen LogP contribution is 2.19. The zero-order valence-corrected chi connectivity index (χ0v) is 8.94. The van der Waals surface area contributed by atoms with Gasteiger partial charge in [-0.15, -0.1) is 0 Å². The molecular formula is C14H11O2. The number of esters is 1. The van der Waals surface area contributed by atoms with Gasteiger partial charge in [-0.2, -0.15) is 0 Å². The lowest BCUT2D eigenvalue weighted by atomic mass is 10.0. The molecular weight excluding hydrogens is 200 g/mol. The highest BCUT2D eigenvalue weighted by atomic mass is 16.5. The fourth-order valence-corrected chi connectivity index (χ4v) is 1.52. The maximum atomic E-state index is 11.4. The first-order valence-corrected chi connectivity index (χ1v) is 4.96. The minimum absolute atomic E-state index is 0.318. The van der Waals surface area contributed by atoms with E-state index in [1.165, 1.54) is 7.11 Å². The molecule has 2 aromatic carbocycles. The van der Waals surface area contributed by atoms with E-state index in [1.54, 1.807) is 6.07 Å². The molecule has 0 aliphatic heterocycles. The van der Waals surface area contributed by atoms with Crippen LogP contribution in [0.25, 0.3) is 11.1 Å². The molecule has 0 aliphatic carbocycles. The third kappa shape index (κ3) is 2.11. The minimum atomic E-state index is -0.318. The molecule has 16 heavy (non-hydrogen) atoms. The number of carbonyl (C=O) groups excluding carboxylic acids is 1. The summed E-state index contributed by atoms with van der Waals surface area (Å²) in [6.45, 7) is 0. The molecule has 0 saturated heterocycles. The summed E-state index contributed by atoms with van der Waals surface area (Å²) in [6, 6.07) is 18.0. The summed E-state index contributed by atoms with van der Waals surface area (Å²) in [7, 11) is 1.38. The number of benzene rings is 2. The van der Waals surface area contributed by atoms with Crippen molar-refractivity contribution in [1.29, 1.82) is 0 Å². The molecule has 2 nitrogen and oxygen atoms in total. The van der Waals surface area contributed by atoms with Crippen LogP contribution < -0.4 is 0 Å². The second-order valence-corrected chi connectivity index (χ2v) is 3.36. The molecule has 0 bridgehead atoms. The van der Waals surface area contributed by atoms with E-state index in [0.29, 0.717) is 5.56 Å². The molecule has 0 heterocycles. The third-order valence-corrected chi connectivity index (χ3v) is 2.32. The van der Waals surface area contributed by atoms with Gasteiger partial charge in [-0.1, -0.05) is 30.3 Å². The van der Waals surface area contributed by atoms with Gasteiger partial charge in [-0.05, 0) is 35.4 Å². The summed E-state index contributed by atoms with van der Waals surface area (Å²) < 4.78 is 4.68. The summed E-state index contributed by atoms with van der Waals surface area (Å²) in [6.07, 6.45) is 0. The predicted molar refractivity (Wildman–Crippen MR) is 62.1 cm³/mol. The van der Waals surface area contributed by atoms with Crippen molar-refractivity contribution in [3.8, 4) is 11.1 Å². The van der Waals surface area contributed by atoms with Gasteiger partial charge in [0, 0.05) is 0 Å². The minimum Gasteiger partial charge on any atom is -0.465 e. The van der Waals surface area contributed by atoms with Crippen molar-refractivity contribution in [2.45, 2.75) is 0 Å². The molecule has 2 aromatic rings. The van der Waals surface area contributed by atoms with Crippen LogP contribution in [0.4, 0.5) is 0 Å². The van der Waals surface area contributed by atoms with Crippen LogP contribution in [0.5, 0.6) is 0 Å². The Labute approximate surface area is 94.5 Å². The molecule has 0 atom stereocenters. The van der Waals surface area contributed by atoms with E-state index in [9.17, 15) is 4.79 Å². The van der Waals surface area contributed by atoms with Crippen LogP contribution in [-0.4, -0.2) is 13.1 Å².